The number of pyridine rings is 2. The van der Waals surface area contributed by atoms with Crippen LogP contribution >= 0.6 is 0 Å². The zero-order valence-electron chi connectivity index (χ0n) is 10.3. The number of aromatic amines is 1. The van der Waals surface area contributed by atoms with Gasteiger partial charge in [0.15, 0.2) is 0 Å². The SMILES string of the molecule is Cn1ncc2cnc3[nH]c(-c4ccncc4)cc3c21. The predicted octanol–water partition coefficient (Wildman–Crippen LogP) is 2.51. The summed E-state index contributed by atoms with van der Waals surface area (Å²) in [5.41, 5.74) is 4.12. The maximum absolute atomic E-state index is 4.44. The second kappa shape index (κ2) is 3.65. The molecule has 19 heavy (non-hydrogen) atoms. The smallest absolute Gasteiger partial charge is 0.139 e. The van der Waals surface area contributed by atoms with Crippen molar-refractivity contribution in [3.63, 3.8) is 0 Å². The van der Waals surface area contributed by atoms with Crippen molar-refractivity contribution in [2.75, 3.05) is 0 Å². The summed E-state index contributed by atoms with van der Waals surface area (Å²) in [6.07, 6.45) is 7.25. The first-order valence-corrected chi connectivity index (χ1v) is 6.03. The molecule has 4 heterocycles. The molecule has 5 heteroatoms. The third kappa shape index (κ3) is 1.45. The van der Waals surface area contributed by atoms with Crippen LogP contribution in [-0.2, 0) is 7.05 Å². The summed E-state index contributed by atoms with van der Waals surface area (Å²) >= 11 is 0. The molecular weight excluding hydrogens is 238 g/mol. The lowest BCUT2D eigenvalue weighted by Crippen LogP contribution is -1.89. The van der Waals surface area contributed by atoms with Gasteiger partial charge in [-0.2, -0.15) is 5.10 Å². The Hall–Kier alpha value is -2.69. The first-order valence-electron chi connectivity index (χ1n) is 6.03. The first-order chi connectivity index (χ1) is 9.33. The number of fused-ring (bicyclic) bond motifs is 3. The number of hydrogen-bond donors (Lipinski definition) is 1. The fourth-order valence-electron chi connectivity index (χ4n) is 2.43. The molecule has 0 atom stereocenters. The van der Waals surface area contributed by atoms with Gasteiger partial charge in [0, 0.05) is 47.7 Å². The van der Waals surface area contributed by atoms with E-state index in [0.717, 1.165) is 33.2 Å². The molecule has 4 aromatic rings. The van der Waals surface area contributed by atoms with Gasteiger partial charge in [0.05, 0.1) is 11.7 Å². The first kappa shape index (κ1) is 10.3. The lowest BCUT2D eigenvalue weighted by Gasteiger charge is -1.94. The van der Waals surface area contributed by atoms with Crippen LogP contribution in [0.25, 0.3) is 33.2 Å². The van der Waals surface area contributed by atoms with E-state index in [0.29, 0.717) is 0 Å². The Labute approximate surface area is 108 Å². The molecule has 0 saturated heterocycles. The fraction of sp³-hybridized carbons (Fsp3) is 0.0714. The Morgan fingerprint density at radius 3 is 2.84 bits per heavy atom. The molecule has 0 amide bonds. The highest BCUT2D eigenvalue weighted by Gasteiger charge is 2.10. The molecule has 0 saturated carbocycles. The topological polar surface area (TPSA) is 59.4 Å². The van der Waals surface area contributed by atoms with Gasteiger partial charge in [-0.3, -0.25) is 9.67 Å². The van der Waals surface area contributed by atoms with Crippen LogP contribution in [-0.4, -0.2) is 24.7 Å². The quantitative estimate of drug-likeness (QED) is 0.564. The minimum Gasteiger partial charge on any atom is -0.339 e. The largest absolute Gasteiger partial charge is 0.339 e. The highest BCUT2D eigenvalue weighted by atomic mass is 15.2. The van der Waals surface area contributed by atoms with Crippen molar-refractivity contribution in [3.8, 4) is 11.3 Å². The third-order valence-electron chi connectivity index (χ3n) is 3.34. The van der Waals surface area contributed by atoms with Crippen LogP contribution in [0.5, 0.6) is 0 Å². The molecule has 4 aromatic heterocycles. The minimum absolute atomic E-state index is 0.878. The molecule has 0 aliphatic carbocycles. The Kier molecular flexibility index (Phi) is 1.97. The van der Waals surface area contributed by atoms with Gasteiger partial charge in [0.2, 0.25) is 0 Å². The van der Waals surface area contributed by atoms with Crippen molar-refractivity contribution in [1.82, 2.24) is 24.7 Å². The molecule has 92 valence electrons. The molecule has 0 bridgehead atoms. The second-order valence-electron chi connectivity index (χ2n) is 4.51. The minimum atomic E-state index is 0.878. The lowest BCUT2D eigenvalue weighted by atomic mass is 10.2. The summed E-state index contributed by atoms with van der Waals surface area (Å²) in [4.78, 5) is 11.8. The number of H-pyrrole nitrogens is 1. The maximum Gasteiger partial charge on any atom is 0.139 e. The van der Waals surface area contributed by atoms with Crippen LogP contribution in [0, 0.1) is 0 Å². The molecule has 0 unspecified atom stereocenters. The summed E-state index contributed by atoms with van der Waals surface area (Å²) in [5.74, 6) is 0. The Balaban J connectivity index is 2.06. The van der Waals surface area contributed by atoms with Gasteiger partial charge in [-0.15, -0.1) is 0 Å². The monoisotopic (exact) mass is 249 g/mol. The molecule has 1 N–H and O–H groups in total. The van der Waals surface area contributed by atoms with E-state index in [1.807, 2.05) is 36.3 Å². The van der Waals surface area contributed by atoms with Gasteiger partial charge >= 0.3 is 0 Å². The lowest BCUT2D eigenvalue weighted by molar-refractivity contribution is 0.799. The Morgan fingerprint density at radius 2 is 2.00 bits per heavy atom. The Bertz CT molecular complexity index is 873. The number of aryl methyl sites for hydroxylation is 1. The summed E-state index contributed by atoms with van der Waals surface area (Å²) in [6, 6.07) is 6.07. The third-order valence-corrected chi connectivity index (χ3v) is 3.34. The highest BCUT2D eigenvalue weighted by Crippen LogP contribution is 2.27. The van der Waals surface area contributed by atoms with Crippen LogP contribution in [0.1, 0.15) is 0 Å². The van der Waals surface area contributed by atoms with Crippen molar-refractivity contribution < 1.29 is 0 Å². The zero-order chi connectivity index (χ0) is 12.8. The molecule has 0 aliphatic heterocycles. The van der Waals surface area contributed by atoms with Crippen molar-refractivity contribution in [1.29, 1.82) is 0 Å². The number of hydrogen-bond acceptors (Lipinski definition) is 3. The molecule has 4 rings (SSSR count). The molecule has 0 spiro atoms. The molecule has 5 nitrogen and oxygen atoms in total. The Morgan fingerprint density at radius 1 is 1.16 bits per heavy atom. The van der Waals surface area contributed by atoms with Gasteiger partial charge in [-0.05, 0) is 18.2 Å². The van der Waals surface area contributed by atoms with Crippen molar-refractivity contribution in [2.45, 2.75) is 0 Å². The van der Waals surface area contributed by atoms with E-state index >= 15 is 0 Å². The fourth-order valence-corrected chi connectivity index (χ4v) is 2.43. The van der Waals surface area contributed by atoms with E-state index in [4.69, 9.17) is 0 Å². The summed E-state index contributed by atoms with van der Waals surface area (Å²) in [7, 11) is 1.95. The summed E-state index contributed by atoms with van der Waals surface area (Å²) in [5, 5.41) is 6.42. The standard InChI is InChI=1S/C14H11N5/c1-19-13-10(8-17-19)7-16-14-11(13)6-12(18-14)9-2-4-15-5-3-9/h2-8H,1H3,(H,16,18). The van der Waals surface area contributed by atoms with E-state index in [-0.39, 0.29) is 0 Å². The molecular formula is C14H11N5. The van der Waals surface area contributed by atoms with Crippen molar-refractivity contribution >= 4 is 21.9 Å². The van der Waals surface area contributed by atoms with Crippen LogP contribution in [0.15, 0.2) is 43.0 Å². The molecule has 0 aliphatic rings. The summed E-state index contributed by atoms with van der Waals surface area (Å²) in [6.45, 7) is 0. The van der Waals surface area contributed by atoms with E-state index in [1.165, 1.54) is 0 Å². The van der Waals surface area contributed by atoms with Crippen LogP contribution < -0.4 is 0 Å². The number of rotatable bonds is 1. The average molecular weight is 249 g/mol. The van der Waals surface area contributed by atoms with E-state index in [1.54, 1.807) is 12.4 Å². The van der Waals surface area contributed by atoms with Gasteiger partial charge < -0.3 is 4.98 Å². The second-order valence-corrected chi connectivity index (χ2v) is 4.51. The van der Waals surface area contributed by atoms with Gasteiger partial charge in [0.1, 0.15) is 5.65 Å². The van der Waals surface area contributed by atoms with E-state index in [9.17, 15) is 0 Å². The van der Waals surface area contributed by atoms with Crippen molar-refractivity contribution in [3.05, 3.63) is 43.0 Å². The van der Waals surface area contributed by atoms with Crippen LogP contribution in [0.4, 0.5) is 0 Å². The number of aromatic nitrogens is 5. The maximum atomic E-state index is 4.44. The van der Waals surface area contributed by atoms with Crippen LogP contribution in [0.3, 0.4) is 0 Å². The average Bonchev–Trinajstić information content (AvgIpc) is 3.03. The van der Waals surface area contributed by atoms with Crippen molar-refractivity contribution in [2.24, 2.45) is 7.05 Å². The molecule has 0 radical (unpaired) electrons. The van der Waals surface area contributed by atoms with E-state index < -0.39 is 0 Å². The molecule has 0 aromatic carbocycles. The van der Waals surface area contributed by atoms with Gasteiger partial charge in [-0.1, -0.05) is 0 Å². The molecule has 0 fully saturated rings. The zero-order valence-corrected chi connectivity index (χ0v) is 10.3. The predicted molar refractivity (Wildman–Crippen MR) is 73.6 cm³/mol. The van der Waals surface area contributed by atoms with Crippen LogP contribution in [0.2, 0.25) is 0 Å². The number of nitrogens with zero attached hydrogens (tertiary/aromatic N) is 4. The highest BCUT2D eigenvalue weighted by molar-refractivity contribution is 6.04. The van der Waals surface area contributed by atoms with E-state index in [2.05, 4.69) is 26.1 Å². The number of nitrogens with one attached hydrogen (secondary N) is 1. The van der Waals surface area contributed by atoms with Gasteiger partial charge in [-0.25, -0.2) is 4.98 Å². The van der Waals surface area contributed by atoms with Gasteiger partial charge in [0.25, 0.3) is 0 Å². The normalized spacial score (nSPS) is 11.4. The summed E-state index contributed by atoms with van der Waals surface area (Å²) < 4.78 is 1.88.